The normalized spacial score (nSPS) is 32.1. The largest absolute Gasteiger partial charge is 0.394 e. The molecule has 8 heteroatoms. The van der Waals surface area contributed by atoms with Gasteiger partial charge in [0.2, 0.25) is 17.7 Å². The zero-order valence-corrected chi connectivity index (χ0v) is 23.3. The monoisotopic (exact) mass is 537 g/mol. The molecule has 1 spiro atoms. The van der Waals surface area contributed by atoms with Gasteiger partial charge >= 0.3 is 0 Å². The molecule has 0 aromatic heterocycles. The number of nitrogens with zero attached hydrogens (tertiary/aromatic N) is 3. The lowest BCUT2D eigenvalue weighted by molar-refractivity contribution is -0.146. The van der Waals surface area contributed by atoms with Crippen LogP contribution in [0.15, 0.2) is 54.6 Å². The molecule has 0 bridgehead atoms. The van der Waals surface area contributed by atoms with Crippen LogP contribution in [-0.2, 0) is 14.4 Å². The molecule has 0 aliphatic carbocycles. The van der Waals surface area contributed by atoms with Gasteiger partial charge < -0.3 is 19.8 Å². The maximum atomic E-state index is 14.5. The minimum Gasteiger partial charge on any atom is -0.394 e. The second kappa shape index (κ2) is 10.9. The van der Waals surface area contributed by atoms with Crippen molar-refractivity contribution in [1.29, 1.82) is 0 Å². The number of likely N-dealkylation sites (tertiary alicyclic amines) is 1. The molecule has 3 amide bonds. The molecule has 2 saturated heterocycles. The Hall–Kier alpha value is -2.58. The van der Waals surface area contributed by atoms with Crippen LogP contribution in [0.2, 0.25) is 0 Å². The summed E-state index contributed by atoms with van der Waals surface area (Å²) in [4.78, 5) is 48.3. The molecule has 7 atom stereocenters. The van der Waals surface area contributed by atoms with Crippen molar-refractivity contribution in [3.63, 3.8) is 0 Å². The van der Waals surface area contributed by atoms with Gasteiger partial charge in [-0.1, -0.05) is 76.1 Å². The summed E-state index contributed by atoms with van der Waals surface area (Å²) in [5.41, 5.74) is 0.804. The summed E-state index contributed by atoms with van der Waals surface area (Å²) in [6, 6.07) is 8.35. The maximum Gasteiger partial charge on any atom is 0.247 e. The Morgan fingerprint density at radius 2 is 1.82 bits per heavy atom. The average Bonchev–Trinajstić information content (AvgIpc) is 3.25. The van der Waals surface area contributed by atoms with E-state index in [9.17, 15) is 19.5 Å². The van der Waals surface area contributed by atoms with Crippen LogP contribution >= 0.6 is 11.8 Å². The first-order valence-corrected chi connectivity index (χ1v) is 14.9. The molecule has 1 unspecified atom stereocenters. The number of para-hydroxylation sites is 1. The predicted octanol–water partition coefficient (Wildman–Crippen LogP) is 3.49. The van der Waals surface area contributed by atoms with Gasteiger partial charge in [0.1, 0.15) is 6.04 Å². The molecule has 38 heavy (non-hydrogen) atoms. The number of aliphatic hydroxyl groups is 1. The Bertz CT molecular complexity index is 1120. The summed E-state index contributed by atoms with van der Waals surface area (Å²) in [6.45, 7) is 7.52. The van der Waals surface area contributed by atoms with Crippen LogP contribution in [-0.4, -0.2) is 80.9 Å². The van der Waals surface area contributed by atoms with E-state index >= 15 is 0 Å². The van der Waals surface area contributed by atoms with E-state index in [1.54, 1.807) is 21.6 Å². The van der Waals surface area contributed by atoms with Gasteiger partial charge in [-0.3, -0.25) is 14.4 Å². The minimum atomic E-state index is -0.856. The second-order valence-electron chi connectivity index (χ2n) is 11.0. The molecular weight excluding hydrogens is 498 g/mol. The van der Waals surface area contributed by atoms with Crippen molar-refractivity contribution in [2.75, 3.05) is 31.1 Å². The fourth-order valence-corrected chi connectivity index (χ4v) is 8.68. The van der Waals surface area contributed by atoms with E-state index < -0.39 is 28.7 Å². The second-order valence-corrected chi connectivity index (χ2v) is 12.5. The Morgan fingerprint density at radius 3 is 2.50 bits per heavy atom. The quantitative estimate of drug-likeness (QED) is 0.514. The van der Waals surface area contributed by atoms with Gasteiger partial charge in [-0.05, 0) is 24.5 Å². The van der Waals surface area contributed by atoms with Gasteiger partial charge in [-0.25, -0.2) is 0 Å². The fourth-order valence-electron chi connectivity index (χ4n) is 6.68. The SMILES string of the molecule is CCCCN1CC=C[C@]23S[C@@H]4C=CCN(c5ccccc5)C(=O)[C@@H]4[C@H]2C(=O)N([C@@H](CO)[C@@H](C)CC)C3C1=O. The van der Waals surface area contributed by atoms with Crippen molar-refractivity contribution >= 4 is 35.2 Å². The topological polar surface area (TPSA) is 81.2 Å². The van der Waals surface area contributed by atoms with Crippen molar-refractivity contribution in [3.8, 4) is 0 Å². The molecule has 1 aromatic carbocycles. The summed E-state index contributed by atoms with van der Waals surface area (Å²) >= 11 is 1.60. The minimum absolute atomic E-state index is 0.00953. The third-order valence-electron chi connectivity index (χ3n) is 8.87. The zero-order valence-electron chi connectivity index (χ0n) is 22.5. The van der Waals surface area contributed by atoms with Crippen LogP contribution in [0, 0.1) is 17.8 Å². The van der Waals surface area contributed by atoms with Crippen molar-refractivity contribution in [1.82, 2.24) is 9.80 Å². The molecule has 7 nitrogen and oxygen atoms in total. The van der Waals surface area contributed by atoms with Gasteiger partial charge in [0.05, 0.1) is 29.2 Å². The van der Waals surface area contributed by atoms with Crippen LogP contribution in [0.4, 0.5) is 5.69 Å². The summed E-state index contributed by atoms with van der Waals surface area (Å²) < 4.78 is -0.856. The number of unbranched alkanes of at least 4 members (excludes halogenated alkanes) is 1. The van der Waals surface area contributed by atoms with Crippen LogP contribution in [0.25, 0.3) is 0 Å². The van der Waals surface area contributed by atoms with Crippen LogP contribution in [0.1, 0.15) is 40.0 Å². The molecular formula is C30H39N3O4S. The Kier molecular flexibility index (Phi) is 7.74. The molecule has 1 N–H and O–H groups in total. The lowest BCUT2D eigenvalue weighted by Gasteiger charge is -2.40. The molecule has 4 heterocycles. The molecule has 5 rings (SSSR count). The first kappa shape index (κ1) is 27.0. The molecule has 1 aromatic rings. The number of carbonyl (C=O) groups is 3. The van der Waals surface area contributed by atoms with E-state index in [0.29, 0.717) is 19.6 Å². The number of benzene rings is 1. The Balaban J connectivity index is 1.62. The molecule has 204 valence electrons. The number of fused-ring (bicyclic) bond motifs is 2. The number of rotatable bonds is 8. The lowest BCUT2D eigenvalue weighted by Crippen LogP contribution is -2.57. The van der Waals surface area contributed by atoms with E-state index in [1.165, 1.54) is 0 Å². The Labute approximate surface area is 229 Å². The highest BCUT2D eigenvalue weighted by molar-refractivity contribution is 8.02. The Morgan fingerprint density at radius 1 is 1.05 bits per heavy atom. The number of hydrogen-bond acceptors (Lipinski definition) is 5. The third kappa shape index (κ3) is 4.20. The summed E-state index contributed by atoms with van der Waals surface area (Å²) in [7, 11) is 0. The molecule has 4 aliphatic rings. The van der Waals surface area contributed by atoms with E-state index in [4.69, 9.17) is 0 Å². The van der Waals surface area contributed by atoms with Gasteiger partial charge in [0, 0.05) is 30.6 Å². The van der Waals surface area contributed by atoms with Crippen molar-refractivity contribution in [2.24, 2.45) is 17.8 Å². The third-order valence-corrected chi connectivity index (χ3v) is 10.6. The summed E-state index contributed by atoms with van der Waals surface area (Å²) in [6.07, 6.45) is 10.8. The number of aliphatic hydroxyl groups excluding tert-OH is 1. The van der Waals surface area contributed by atoms with Crippen molar-refractivity contribution in [2.45, 2.75) is 62.1 Å². The first-order chi connectivity index (χ1) is 18.4. The van der Waals surface area contributed by atoms with Gasteiger partial charge in [-0.2, -0.15) is 0 Å². The molecule has 2 fully saturated rings. The summed E-state index contributed by atoms with van der Waals surface area (Å²) in [5.74, 6) is -1.58. The van der Waals surface area contributed by atoms with Crippen LogP contribution in [0.3, 0.4) is 0 Å². The lowest BCUT2D eigenvalue weighted by atomic mass is 9.78. The average molecular weight is 538 g/mol. The van der Waals surface area contributed by atoms with Crippen molar-refractivity contribution < 1.29 is 19.5 Å². The highest BCUT2D eigenvalue weighted by atomic mass is 32.2. The molecule has 0 radical (unpaired) electrons. The van der Waals surface area contributed by atoms with Gasteiger partial charge in [-0.15, -0.1) is 11.8 Å². The van der Waals surface area contributed by atoms with Crippen LogP contribution in [0.5, 0.6) is 0 Å². The number of amides is 3. The zero-order chi connectivity index (χ0) is 27.0. The summed E-state index contributed by atoms with van der Waals surface area (Å²) in [5, 5.41) is 10.3. The van der Waals surface area contributed by atoms with E-state index in [0.717, 1.165) is 24.9 Å². The molecule has 4 aliphatic heterocycles. The van der Waals surface area contributed by atoms with E-state index in [2.05, 4.69) is 19.1 Å². The smallest absolute Gasteiger partial charge is 0.247 e. The first-order valence-electron chi connectivity index (χ1n) is 14.0. The highest BCUT2D eigenvalue weighted by Crippen LogP contribution is 2.61. The number of thioether (sulfide) groups is 1. The highest BCUT2D eigenvalue weighted by Gasteiger charge is 2.72. The van der Waals surface area contributed by atoms with Gasteiger partial charge in [0.25, 0.3) is 0 Å². The maximum absolute atomic E-state index is 14.5. The van der Waals surface area contributed by atoms with E-state index in [-0.39, 0.29) is 35.5 Å². The van der Waals surface area contributed by atoms with E-state index in [1.807, 2.05) is 61.2 Å². The number of carbonyl (C=O) groups excluding carboxylic acids is 3. The van der Waals surface area contributed by atoms with Gasteiger partial charge in [0.15, 0.2) is 0 Å². The molecule has 0 saturated carbocycles. The standard InChI is InChI=1S/C30H39N3O4S/c1-4-6-16-31-17-11-15-30-25(28(36)33(26(30)29(31)37)22(19-34)20(3)5-2)24-23(38-30)14-10-18-32(27(24)35)21-12-8-7-9-13-21/h7-15,20,22-26,34H,4-6,16-19H2,1-3H3/t20-,22-,23+,24-,25-,26?,30-/m0/s1. The van der Waals surface area contributed by atoms with Crippen LogP contribution < -0.4 is 4.90 Å². The fraction of sp³-hybridized carbons (Fsp3) is 0.567. The van der Waals surface area contributed by atoms with Crippen molar-refractivity contribution in [3.05, 3.63) is 54.6 Å². The number of hydrogen-bond donors (Lipinski definition) is 1. The number of anilines is 1. The predicted molar refractivity (Wildman–Crippen MR) is 151 cm³/mol.